The van der Waals surface area contributed by atoms with E-state index < -0.39 is 6.10 Å². The second kappa shape index (κ2) is 17.5. The second-order valence-corrected chi connectivity index (χ2v) is 3.16. The quantitative estimate of drug-likeness (QED) is 0.678. The standard InChI is InChI=1S/C9H11O2.C4H5O.C2H6.Y/c1-8(10)7-11-9-5-3-2-4-6-9;1-4(2)3-5;1-2;/h2-6,8,10H,1,7H2;1H2,2H3;1-2H3;/q2*-1;;. The summed E-state index contributed by atoms with van der Waals surface area (Å²) in [7, 11) is 0. The average Bonchev–Trinajstić information content (AvgIpc) is 2.40. The van der Waals surface area contributed by atoms with Gasteiger partial charge < -0.3 is 21.6 Å². The number of rotatable bonds is 4. The van der Waals surface area contributed by atoms with Crippen molar-refractivity contribution in [2.75, 3.05) is 6.61 Å². The predicted molar refractivity (Wildman–Crippen MR) is 75.2 cm³/mol. The van der Waals surface area contributed by atoms with Crippen LogP contribution in [-0.4, -0.2) is 24.1 Å². The van der Waals surface area contributed by atoms with Crippen molar-refractivity contribution in [3.63, 3.8) is 0 Å². The maximum absolute atomic E-state index is 9.28. The number of aliphatic hydroxyl groups is 1. The Labute approximate surface area is 141 Å². The minimum atomic E-state index is -0.657. The van der Waals surface area contributed by atoms with Gasteiger partial charge in [-0.2, -0.15) is 5.57 Å². The Morgan fingerprint density at radius 2 is 1.84 bits per heavy atom. The summed E-state index contributed by atoms with van der Waals surface area (Å²) in [5.74, 6) is 0.759. The van der Waals surface area contributed by atoms with Crippen molar-refractivity contribution in [3.05, 3.63) is 49.4 Å². The molecule has 0 bridgehead atoms. The predicted octanol–water partition coefficient (Wildman–Crippen LogP) is 2.96. The van der Waals surface area contributed by atoms with Crippen LogP contribution >= 0.6 is 0 Å². The van der Waals surface area contributed by atoms with Gasteiger partial charge in [0.15, 0.2) is 0 Å². The van der Waals surface area contributed by atoms with E-state index in [1.165, 1.54) is 0 Å². The minimum Gasteiger partial charge on any atom is -0.494 e. The summed E-state index contributed by atoms with van der Waals surface area (Å²) < 4.78 is 5.15. The summed E-state index contributed by atoms with van der Waals surface area (Å²) in [6.45, 7) is 12.5. The minimum absolute atomic E-state index is 0. The molecule has 1 radical (unpaired) electrons. The fourth-order valence-corrected chi connectivity index (χ4v) is 0.709. The molecule has 4 heteroatoms. The van der Waals surface area contributed by atoms with Gasteiger partial charge in [-0.15, -0.1) is 0 Å². The Bertz CT molecular complexity index is 310. The first-order chi connectivity index (χ1) is 8.56. The summed E-state index contributed by atoms with van der Waals surface area (Å²) >= 11 is 0. The van der Waals surface area contributed by atoms with Crippen molar-refractivity contribution in [2.24, 2.45) is 0 Å². The first-order valence-electron chi connectivity index (χ1n) is 5.79. The Morgan fingerprint density at radius 3 is 2.16 bits per heavy atom. The number of carbonyl (C=O) groups excluding carboxylic acids is 1. The molecule has 1 N–H and O–H groups in total. The van der Waals surface area contributed by atoms with Gasteiger partial charge in [-0.25, -0.2) is 6.58 Å². The normalized spacial score (nSPS) is 9.32. The maximum atomic E-state index is 9.28. The number of ether oxygens (including phenoxy) is 1. The number of aliphatic hydroxyl groups excluding tert-OH is 1. The van der Waals surface area contributed by atoms with Gasteiger partial charge in [-0.05, 0) is 24.5 Å². The summed E-state index contributed by atoms with van der Waals surface area (Å²) in [5, 5.41) is 8.78. The Hall–Kier alpha value is -0.506. The number of benzene rings is 1. The molecule has 1 aromatic carbocycles. The van der Waals surface area contributed by atoms with Crippen LogP contribution in [-0.2, 0) is 37.5 Å². The van der Waals surface area contributed by atoms with E-state index >= 15 is 0 Å². The molecule has 0 aliphatic heterocycles. The van der Waals surface area contributed by atoms with Gasteiger partial charge in [0, 0.05) is 32.7 Å². The molecule has 0 spiro atoms. The molecule has 1 unspecified atom stereocenters. The van der Waals surface area contributed by atoms with E-state index in [4.69, 9.17) is 9.84 Å². The van der Waals surface area contributed by atoms with E-state index in [1.54, 1.807) is 13.2 Å². The first-order valence-corrected chi connectivity index (χ1v) is 5.79. The molecule has 0 saturated heterocycles. The molecule has 105 valence electrons. The molecule has 0 saturated carbocycles. The molecular weight excluding hydrogens is 317 g/mol. The summed E-state index contributed by atoms with van der Waals surface area (Å²) in [6.07, 6.45) is 0.926. The van der Waals surface area contributed by atoms with Crippen molar-refractivity contribution in [1.29, 1.82) is 0 Å². The third kappa shape index (κ3) is 20.0. The molecule has 1 aromatic rings. The van der Waals surface area contributed by atoms with E-state index in [-0.39, 0.29) is 39.3 Å². The van der Waals surface area contributed by atoms with Crippen molar-refractivity contribution < 1.29 is 47.3 Å². The van der Waals surface area contributed by atoms with Crippen LogP contribution in [0.15, 0.2) is 42.5 Å². The van der Waals surface area contributed by atoms with Crippen LogP contribution in [0.3, 0.4) is 0 Å². The molecule has 0 amide bonds. The second-order valence-electron chi connectivity index (χ2n) is 3.16. The number of allylic oxidation sites excluding steroid dienone is 1. The van der Waals surface area contributed by atoms with E-state index in [1.807, 2.05) is 44.2 Å². The van der Waals surface area contributed by atoms with Crippen molar-refractivity contribution >= 4 is 6.29 Å². The van der Waals surface area contributed by atoms with Gasteiger partial charge in [-0.1, -0.05) is 39.0 Å². The fraction of sp³-hybridized carbons (Fsp3) is 0.333. The Balaban J connectivity index is -0.000000275. The summed E-state index contributed by atoms with van der Waals surface area (Å²) in [5.41, 5.74) is 0.449. The molecule has 0 fully saturated rings. The van der Waals surface area contributed by atoms with Crippen LogP contribution in [0.4, 0.5) is 0 Å². The monoisotopic (exact) mass is 339 g/mol. The van der Waals surface area contributed by atoms with E-state index in [0.29, 0.717) is 5.57 Å². The zero-order valence-electron chi connectivity index (χ0n) is 11.9. The topological polar surface area (TPSA) is 46.5 Å². The number of hydrogen-bond acceptors (Lipinski definition) is 3. The van der Waals surface area contributed by atoms with E-state index in [2.05, 4.69) is 13.5 Å². The summed E-state index contributed by atoms with van der Waals surface area (Å²) in [4.78, 5) is 9.28. The van der Waals surface area contributed by atoms with Crippen LogP contribution < -0.4 is 4.74 Å². The maximum Gasteiger partial charge on any atom is 0.119 e. The van der Waals surface area contributed by atoms with Crippen LogP contribution in [0.2, 0.25) is 0 Å². The molecular formula is C15H22O3Y-2. The zero-order valence-corrected chi connectivity index (χ0v) is 14.8. The van der Waals surface area contributed by atoms with Gasteiger partial charge in [0.1, 0.15) is 5.75 Å². The van der Waals surface area contributed by atoms with Crippen LogP contribution in [0.25, 0.3) is 0 Å². The SMILES string of the molecule is C=C(C)[C-]=O.CC.[CH2-]C(O)COc1ccccc1.[Y]. The molecule has 19 heavy (non-hydrogen) atoms. The molecule has 1 atom stereocenters. The van der Waals surface area contributed by atoms with Gasteiger partial charge in [0.05, 0.1) is 6.61 Å². The van der Waals surface area contributed by atoms with E-state index in [0.717, 1.165) is 5.75 Å². The molecule has 3 nitrogen and oxygen atoms in total. The Kier molecular flexibility index (Phi) is 21.7. The fourth-order valence-electron chi connectivity index (χ4n) is 0.709. The molecule has 0 heterocycles. The molecule has 0 aliphatic rings. The third-order valence-corrected chi connectivity index (χ3v) is 1.36. The van der Waals surface area contributed by atoms with Gasteiger partial charge in [-0.3, -0.25) is 0 Å². The smallest absolute Gasteiger partial charge is 0.119 e. The van der Waals surface area contributed by atoms with Crippen molar-refractivity contribution in [3.8, 4) is 5.75 Å². The Morgan fingerprint density at radius 1 is 1.42 bits per heavy atom. The number of para-hydroxylation sites is 1. The van der Waals surface area contributed by atoms with Gasteiger partial charge >= 0.3 is 0 Å². The van der Waals surface area contributed by atoms with Crippen LogP contribution in [0.5, 0.6) is 5.75 Å². The van der Waals surface area contributed by atoms with Gasteiger partial charge in [0.2, 0.25) is 0 Å². The largest absolute Gasteiger partial charge is 0.494 e. The summed E-state index contributed by atoms with van der Waals surface area (Å²) in [6, 6.07) is 9.34. The average molecular weight is 339 g/mol. The van der Waals surface area contributed by atoms with Crippen LogP contribution in [0, 0.1) is 6.92 Å². The molecule has 0 aromatic heterocycles. The third-order valence-electron chi connectivity index (χ3n) is 1.36. The van der Waals surface area contributed by atoms with Crippen molar-refractivity contribution in [1.82, 2.24) is 0 Å². The number of hydrogen-bond donors (Lipinski definition) is 1. The first kappa shape index (κ1) is 23.6. The zero-order chi connectivity index (χ0) is 14.4. The van der Waals surface area contributed by atoms with Crippen molar-refractivity contribution in [2.45, 2.75) is 26.9 Å². The van der Waals surface area contributed by atoms with Gasteiger partial charge in [0.25, 0.3) is 0 Å². The van der Waals surface area contributed by atoms with E-state index in [9.17, 15) is 4.79 Å². The van der Waals surface area contributed by atoms with Crippen LogP contribution in [0.1, 0.15) is 20.8 Å². The molecule has 1 rings (SSSR count). The molecule has 0 aliphatic carbocycles.